The lowest BCUT2D eigenvalue weighted by molar-refractivity contribution is 0.870. The second kappa shape index (κ2) is 6.33. The Labute approximate surface area is 137 Å². The zero-order valence-electron chi connectivity index (χ0n) is 10.3. The Morgan fingerprint density at radius 2 is 1.84 bits per heavy atom. The van der Waals surface area contributed by atoms with Gasteiger partial charge in [0, 0.05) is 14.5 Å². The van der Waals surface area contributed by atoms with Crippen molar-refractivity contribution in [2.24, 2.45) is 0 Å². The van der Waals surface area contributed by atoms with E-state index in [-0.39, 0.29) is 0 Å². The van der Waals surface area contributed by atoms with Crippen molar-refractivity contribution in [2.75, 3.05) is 5.73 Å². The summed E-state index contributed by atoms with van der Waals surface area (Å²) in [5.41, 5.74) is 7.82. The molecule has 19 heavy (non-hydrogen) atoms. The second-order valence-corrected chi connectivity index (χ2v) is 6.57. The number of benzene rings is 1. The lowest BCUT2D eigenvalue weighted by Gasteiger charge is -2.09. The Kier molecular flexibility index (Phi) is 4.97. The maximum atomic E-state index is 5.94. The topological polar surface area (TPSA) is 51.8 Å². The molecule has 3 nitrogen and oxygen atoms in total. The van der Waals surface area contributed by atoms with Gasteiger partial charge in [0.25, 0.3) is 0 Å². The van der Waals surface area contributed by atoms with Crippen LogP contribution in [0.3, 0.4) is 0 Å². The van der Waals surface area contributed by atoms with Gasteiger partial charge in [-0.1, -0.05) is 13.3 Å². The molecular weight excluding hydrogens is 438 g/mol. The number of rotatable bonds is 3. The van der Waals surface area contributed by atoms with Crippen molar-refractivity contribution in [3.63, 3.8) is 0 Å². The molecule has 0 aliphatic rings. The molecule has 0 fully saturated rings. The summed E-state index contributed by atoms with van der Waals surface area (Å²) in [5.74, 6) is 1.13. The molecule has 2 N–H and O–H groups in total. The van der Waals surface area contributed by atoms with Crippen LogP contribution in [-0.4, -0.2) is 9.97 Å². The predicted molar refractivity (Wildman–Crippen MR) is 89.0 cm³/mol. The molecule has 1 aromatic carbocycles. The van der Waals surface area contributed by atoms with Crippen molar-refractivity contribution in [3.05, 3.63) is 37.3 Å². The predicted octanol–water partition coefficient (Wildman–Crippen LogP) is 4.97. The first-order valence-electron chi connectivity index (χ1n) is 5.80. The van der Waals surface area contributed by atoms with E-state index < -0.39 is 0 Å². The van der Waals surface area contributed by atoms with Crippen molar-refractivity contribution >= 4 is 53.6 Å². The van der Waals surface area contributed by atoms with E-state index in [0.29, 0.717) is 11.6 Å². The van der Waals surface area contributed by atoms with Crippen LogP contribution >= 0.6 is 47.8 Å². The van der Waals surface area contributed by atoms with Crippen LogP contribution in [-0.2, 0) is 6.42 Å². The van der Waals surface area contributed by atoms with E-state index in [2.05, 4.69) is 64.7 Å². The highest BCUT2D eigenvalue weighted by atomic mass is 79.9. The number of nitrogen functional groups attached to an aromatic ring is 1. The third-order valence-electron chi connectivity index (χ3n) is 2.61. The Bertz CT molecular complexity index is 614. The van der Waals surface area contributed by atoms with Crippen LogP contribution in [0.1, 0.15) is 19.0 Å². The Morgan fingerprint density at radius 1 is 1.11 bits per heavy atom. The number of aromatic nitrogens is 2. The Hall–Kier alpha value is -0.460. The molecular formula is C13H12Br3N3. The van der Waals surface area contributed by atoms with Crippen LogP contribution in [0.5, 0.6) is 0 Å². The van der Waals surface area contributed by atoms with Crippen LogP contribution in [0.4, 0.5) is 5.82 Å². The van der Waals surface area contributed by atoms with Crippen molar-refractivity contribution < 1.29 is 0 Å². The molecule has 1 aromatic heterocycles. The molecule has 0 unspecified atom stereocenters. The van der Waals surface area contributed by atoms with E-state index in [9.17, 15) is 0 Å². The fourth-order valence-corrected chi connectivity index (χ4v) is 2.68. The van der Waals surface area contributed by atoms with Crippen molar-refractivity contribution in [1.29, 1.82) is 0 Å². The molecule has 0 bridgehead atoms. The standard InChI is InChI=1S/C13H12Br3N3/c1-2-3-10-11(16)12(17)19-13(18-10)7-4-5-8(14)9(15)6-7/h4-6H,2-3H2,1H3,(H2,17,18,19). The first-order valence-corrected chi connectivity index (χ1v) is 8.18. The molecule has 1 heterocycles. The van der Waals surface area contributed by atoms with E-state index >= 15 is 0 Å². The highest BCUT2D eigenvalue weighted by Crippen LogP contribution is 2.30. The lowest BCUT2D eigenvalue weighted by atomic mass is 10.2. The molecule has 0 atom stereocenters. The molecule has 0 aliphatic heterocycles. The Morgan fingerprint density at radius 3 is 2.47 bits per heavy atom. The van der Waals surface area contributed by atoms with Crippen LogP contribution in [0.25, 0.3) is 11.4 Å². The maximum absolute atomic E-state index is 5.94. The van der Waals surface area contributed by atoms with Crippen molar-refractivity contribution in [1.82, 2.24) is 9.97 Å². The normalized spacial score (nSPS) is 10.7. The van der Waals surface area contributed by atoms with Gasteiger partial charge in [-0.3, -0.25) is 0 Å². The number of hydrogen-bond acceptors (Lipinski definition) is 3. The largest absolute Gasteiger partial charge is 0.383 e. The fraction of sp³-hybridized carbons (Fsp3) is 0.231. The van der Waals surface area contributed by atoms with Crippen LogP contribution in [0.2, 0.25) is 0 Å². The average molecular weight is 450 g/mol. The van der Waals surface area contributed by atoms with Gasteiger partial charge in [-0.05, 0) is 72.4 Å². The second-order valence-electron chi connectivity index (χ2n) is 4.07. The third kappa shape index (κ3) is 3.35. The lowest BCUT2D eigenvalue weighted by Crippen LogP contribution is -2.02. The summed E-state index contributed by atoms with van der Waals surface area (Å²) >= 11 is 10.4. The van der Waals surface area contributed by atoms with Gasteiger partial charge in [0.05, 0.1) is 10.2 Å². The molecule has 6 heteroatoms. The van der Waals surface area contributed by atoms with Crippen LogP contribution in [0.15, 0.2) is 31.6 Å². The SMILES string of the molecule is CCCc1nc(-c2ccc(Br)c(Br)c2)nc(N)c1Br. The molecule has 2 rings (SSSR count). The van der Waals surface area contributed by atoms with Gasteiger partial charge in [0.15, 0.2) is 5.82 Å². The summed E-state index contributed by atoms with van der Waals surface area (Å²) in [6, 6.07) is 5.90. The number of halogens is 3. The van der Waals surface area contributed by atoms with Crippen LogP contribution < -0.4 is 5.73 Å². The third-order valence-corrected chi connectivity index (χ3v) is 5.35. The first kappa shape index (κ1) is 14.9. The van der Waals surface area contributed by atoms with Crippen LogP contribution in [0, 0.1) is 0 Å². The zero-order valence-corrected chi connectivity index (χ0v) is 15.0. The van der Waals surface area contributed by atoms with Gasteiger partial charge in [-0.25, -0.2) is 9.97 Å². The molecule has 2 aromatic rings. The zero-order chi connectivity index (χ0) is 14.0. The van der Waals surface area contributed by atoms with E-state index in [1.165, 1.54) is 0 Å². The molecule has 0 aliphatic carbocycles. The van der Waals surface area contributed by atoms with Crippen molar-refractivity contribution in [2.45, 2.75) is 19.8 Å². The molecule has 0 radical (unpaired) electrons. The highest BCUT2D eigenvalue weighted by Gasteiger charge is 2.11. The highest BCUT2D eigenvalue weighted by molar-refractivity contribution is 9.13. The minimum atomic E-state index is 0.479. The van der Waals surface area contributed by atoms with E-state index in [4.69, 9.17) is 5.73 Å². The molecule has 100 valence electrons. The molecule has 0 spiro atoms. The minimum Gasteiger partial charge on any atom is -0.383 e. The van der Waals surface area contributed by atoms with Crippen molar-refractivity contribution in [3.8, 4) is 11.4 Å². The minimum absolute atomic E-state index is 0.479. The first-order chi connectivity index (χ1) is 9.02. The van der Waals surface area contributed by atoms with Gasteiger partial charge >= 0.3 is 0 Å². The van der Waals surface area contributed by atoms with Gasteiger partial charge < -0.3 is 5.73 Å². The quantitative estimate of drug-likeness (QED) is 0.720. The van der Waals surface area contributed by atoms with E-state index in [1.54, 1.807) is 0 Å². The van der Waals surface area contributed by atoms with Gasteiger partial charge in [-0.15, -0.1) is 0 Å². The number of anilines is 1. The summed E-state index contributed by atoms with van der Waals surface area (Å²) in [7, 11) is 0. The van der Waals surface area contributed by atoms with Gasteiger partial charge in [0.1, 0.15) is 5.82 Å². The molecule has 0 amide bonds. The number of hydrogen-bond donors (Lipinski definition) is 1. The summed E-state index contributed by atoms with van der Waals surface area (Å²) in [5, 5.41) is 0. The smallest absolute Gasteiger partial charge is 0.161 e. The average Bonchev–Trinajstić information content (AvgIpc) is 2.38. The summed E-state index contributed by atoms with van der Waals surface area (Å²) in [6.07, 6.45) is 1.89. The van der Waals surface area contributed by atoms with E-state index in [1.807, 2.05) is 18.2 Å². The number of aryl methyl sites for hydroxylation is 1. The maximum Gasteiger partial charge on any atom is 0.161 e. The fourth-order valence-electron chi connectivity index (χ4n) is 1.68. The summed E-state index contributed by atoms with van der Waals surface area (Å²) < 4.78 is 2.76. The molecule has 0 saturated heterocycles. The molecule has 0 saturated carbocycles. The monoisotopic (exact) mass is 447 g/mol. The summed E-state index contributed by atoms with van der Waals surface area (Å²) in [4.78, 5) is 8.93. The summed E-state index contributed by atoms with van der Waals surface area (Å²) in [6.45, 7) is 2.11. The van der Waals surface area contributed by atoms with E-state index in [0.717, 1.165) is 37.5 Å². The number of nitrogens with two attached hydrogens (primary N) is 1. The Balaban J connectivity index is 2.52. The van der Waals surface area contributed by atoms with Gasteiger partial charge in [0.2, 0.25) is 0 Å². The number of nitrogens with zero attached hydrogens (tertiary/aromatic N) is 2. The van der Waals surface area contributed by atoms with Gasteiger partial charge in [-0.2, -0.15) is 0 Å².